The van der Waals surface area contributed by atoms with Crippen molar-refractivity contribution in [2.45, 2.75) is 32.6 Å². The first-order valence-corrected chi connectivity index (χ1v) is 14.2. The minimum absolute atomic E-state index is 0.215. The number of unbranched alkanes of at least 4 members (excludes halogenated alkanes) is 3. The number of nitrogens with zero attached hydrogens (tertiary/aromatic N) is 6. The Kier molecular flexibility index (Phi) is 7.45. The molecule has 0 N–H and O–H groups in total. The van der Waals surface area contributed by atoms with Crippen molar-refractivity contribution in [1.29, 1.82) is 0 Å². The molecule has 200 valence electrons. The number of benzene rings is 2. The van der Waals surface area contributed by atoms with Gasteiger partial charge in [0.25, 0.3) is 5.56 Å². The molecule has 6 rings (SSSR count). The quantitative estimate of drug-likeness (QED) is 0.208. The predicted octanol–water partition coefficient (Wildman–Crippen LogP) is 5.57. The number of fused-ring (bicyclic) bond motifs is 1. The van der Waals surface area contributed by atoms with E-state index in [-0.39, 0.29) is 5.56 Å². The maximum absolute atomic E-state index is 13.3. The van der Waals surface area contributed by atoms with Gasteiger partial charge >= 0.3 is 0 Å². The molecule has 4 heterocycles. The van der Waals surface area contributed by atoms with Crippen molar-refractivity contribution in [3.05, 3.63) is 106 Å². The van der Waals surface area contributed by atoms with E-state index in [0.29, 0.717) is 21.9 Å². The van der Waals surface area contributed by atoms with Crippen LogP contribution in [-0.2, 0) is 0 Å². The van der Waals surface area contributed by atoms with Gasteiger partial charge in [-0.15, -0.1) is 5.10 Å². The van der Waals surface area contributed by atoms with Crippen molar-refractivity contribution < 1.29 is 4.74 Å². The average molecular weight is 549 g/mol. The zero-order chi connectivity index (χ0) is 27.3. The van der Waals surface area contributed by atoms with Gasteiger partial charge in [-0.1, -0.05) is 55.7 Å². The van der Waals surface area contributed by atoms with E-state index in [1.807, 2.05) is 83.7 Å². The fraction of sp³-hybridized carbons (Fsp3) is 0.194. The lowest BCUT2D eigenvalue weighted by molar-refractivity contribution is 0.305. The molecule has 0 aliphatic heterocycles. The van der Waals surface area contributed by atoms with Crippen molar-refractivity contribution in [2.75, 3.05) is 6.61 Å². The van der Waals surface area contributed by atoms with Crippen LogP contribution in [0.1, 0.15) is 38.2 Å². The maximum atomic E-state index is 13.3. The molecule has 0 aliphatic carbocycles. The van der Waals surface area contributed by atoms with E-state index in [9.17, 15) is 4.79 Å². The van der Waals surface area contributed by atoms with E-state index in [2.05, 4.69) is 22.0 Å². The van der Waals surface area contributed by atoms with E-state index in [1.165, 1.54) is 35.1 Å². The van der Waals surface area contributed by atoms with Gasteiger partial charge in [-0.05, 0) is 61.0 Å². The lowest BCUT2D eigenvalue weighted by Gasteiger charge is -2.07. The highest BCUT2D eigenvalue weighted by Crippen LogP contribution is 2.27. The first-order valence-electron chi connectivity index (χ1n) is 13.4. The van der Waals surface area contributed by atoms with E-state index >= 15 is 0 Å². The zero-order valence-corrected chi connectivity index (χ0v) is 22.9. The molecule has 0 aliphatic rings. The molecule has 6 aromatic rings. The van der Waals surface area contributed by atoms with Gasteiger partial charge in [-0.2, -0.15) is 14.6 Å². The number of aromatic nitrogens is 6. The standard InChI is InChI=1S/C31H28N6O2S/c1-2-3-4-8-18-39-26-15-13-22(14-16-26)28-24(21-36(34-28)25-11-6-5-7-12-25)19-27-30(38)37-31(40-27)33-29(35-37)23-10-9-17-32-20-23/h5-7,9-17,19-21H,2-4,8,18H2,1H3/b27-19-. The smallest absolute Gasteiger partial charge is 0.291 e. The second-order valence-corrected chi connectivity index (χ2v) is 10.4. The molecular formula is C31H28N6O2S. The van der Waals surface area contributed by atoms with Crippen LogP contribution < -0.4 is 14.8 Å². The van der Waals surface area contributed by atoms with E-state index in [1.54, 1.807) is 12.4 Å². The molecule has 0 saturated heterocycles. The third kappa shape index (κ3) is 5.41. The van der Waals surface area contributed by atoms with Gasteiger partial charge in [-0.25, -0.2) is 4.68 Å². The molecule has 9 heteroatoms. The number of ether oxygens (including phenoxy) is 1. The van der Waals surface area contributed by atoms with Crippen LogP contribution in [0.4, 0.5) is 0 Å². The number of hydrogen-bond donors (Lipinski definition) is 0. The molecule has 0 amide bonds. The fourth-order valence-corrected chi connectivity index (χ4v) is 5.35. The third-order valence-corrected chi connectivity index (χ3v) is 7.51. The molecule has 8 nitrogen and oxygen atoms in total. The first kappa shape index (κ1) is 25.6. The second kappa shape index (κ2) is 11.6. The maximum Gasteiger partial charge on any atom is 0.291 e. The van der Waals surface area contributed by atoms with Gasteiger partial charge in [0.1, 0.15) is 11.4 Å². The molecule has 0 radical (unpaired) electrons. The van der Waals surface area contributed by atoms with Crippen LogP contribution in [-0.4, -0.2) is 36.0 Å². The number of hydrogen-bond acceptors (Lipinski definition) is 7. The van der Waals surface area contributed by atoms with Gasteiger partial charge in [0.2, 0.25) is 4.96 Å². The summed E-state index contributed by atoms with van der Waals surface area (Å²) in [6, 6.07) is 21.6. The Hall–Kier alpha value is -4.63. The predicted molar refractivity (Wildman–Crippen MR) is 158 cm³/mol. The second-order valence-electron chi connectivity index (χ2n) is 9.43. The summed E-state index contributed by atoms with van der Waals surface area (Å²) in [6.07, 6.45) is 11.9. The number of rotatable bonds is 10. The van der Waals surface area contributed by atoms with Crippen molar-refractivity contribution in [3.8, 4) is 34.1 Å². The highest BCUT2D eigenvalue weighted by atomic mass is 32.1. The lowest BCUT2D eigenvalue weighted by Crippen LogP contribution is -2.23. The molecule has 0 fully saturated rings. The molecule has 0 saturated carbocycles. The Bertz CT molecular complexity index is 1830. The minimum atomic E-state index is -0.215. The Balaban J connectivity index is 1.35. The van der Waals surface area contributed by atoms with Gasteiger partial charge in [-0.3, -0.25) is 9.78 Å². The topological polar surface area (TPSA) is 87.2 Å². The SMILES string of the molecule is CCCCCCOc1ccc(-c2nn(-c3ccccc3)cc2/C=c2\sc3nc(-c4cccnc4)nn3c2=O)cc1. The minimum Gasteiger partial charge on any atom is -0.494 e. The fourth-order valence-electron chi connectivity index (χ4n) is 4.45. The molecule has 0 spiro atoms. The van der Waals surface area contributed by atoms with Crippen molar-refractivity contribution in [1.82, 2.24) is 29.4 Å². The monoisotopic (exact) mass is 548 g/mol. The third-order valence-electron chi connectivity index (χ3n) is 6.55. The van der Waals surface area contributed by atoms with Gasteiger partial charge < -0.3 is 4.74 Å². The van der Waals surface area contributed by atoms with E-state index < -0.39 is 0 Å². The highest BCUT2D eigenvalue weighted by molar-refractivity contribution is 7.15. The lowest BCUT2D eigenvalue weighted by atomic mass is 10.1. The summed E-state index contributed by atoms with van der Waals surface area (Å²) in [7, 11) is 0. The Morgan fingerprint density at radius 1 is 0.925 bits per heavy atom. The average Bonchev–Trinajstić information content (AvgIpc) is 3.69. The summed E-state index contributed by atoms with van der Waals surface area (Å²) < 4.78 is 9.66. The van der Waals surface area contributed by atoms with Crippen LogP contribution in [0, 0.1) is 0 Å². The molecule has 4 aromatic heterocycles. The summed E-state index contributed by atoms with van der Waals surface area (Å²) in [5.74, 6) is 1.32. The largest absolute Gasteiger partial charge is 0.494 e. The molecule has 0 atom stereocenters. The van der Waals surface area contributed by atoms with Crippen molar-refractivity contribution >= 4 is 22.4 Å². The highest BCUT2D eigenvalue weighted by Gasteiger charge is 2.15. The van der Waals surface area contributed by atoms with Crippen molar-refractivity contribution in [3.63, 3.8) is 0 Å². The summed E-state index contributed by atoms with van der Waals surface area (Å²) in [5.41, 5.74) is 4.02. The molecular weight excluding hydrogens is 520 g/mol. The summed E-state index contributed by atoms with van der Waals surface area (Å²) in [4.78, 5) is 22.5. The van der Waals surface area contributed by atoms with Crippen LogP contribution >= 0.6 is 11.3 Å². The van der Waals surface area contributed by atoms with Crippen LogP contribution in [0.5, 0.6) is 5.75 Å². The summed E-state index contributed by atoms with van der Waals surface area (Å²) >= 11 is 1.30. The number of para-hydroxylation sites is 1. The summed E-state index contributed by atoms with van der Waals surface area (Å²) in [6.45, 7) is 2.92. The van der Waals surface area contributed by atoms with Gasteiger partial charge in [0, 0.05) is 35.3 Å². The van der Waals surface area contributed by atoms with E-state index in [4.69, 9.17) is 9.84 Å². The zero-order valence-electron chi connectivity index (χ0n) is 22.1. The van der Waals surface area contributed by atoms with E-state index in [0.717, 1.165) is 40.2 Å². The first-order chi connectivity index (χ1) is 19.7. The molecule has 40 heavy (non-hydrogen) atoms. The Morgan fingerprint density at radius 2 is 1.77 bits per heavy atom. The Labute approximate surface area is 235 Å². The Morgan fingerprint density at radius 3 is 2.52 bits per heavy atom. The van der Waals surface area contributed by atoms with Gasteiger partial charge in [0.15, 0.2) is 5.82 Å². The van der Waals surface area contributed by atoms with Gasteiger partial charge in [0.05, 0.1) is 16.8 Å². The molecule has 0 bridgehead atoms. The normalized spacial score (nSPS) is 11.9. The van der Waals surface area contributed by atoms with Crippen LogP contribution in [0.3, 0.4) is 0 Å². The number of thiazole rings is 1. The van der Waals surface area contributed by atoms with Crippen LogP contribution in [0.25, 0.3) is 39.4 Å². The van der Waals surface area contributed by atoms with Crippen LogP contribution in [0.2, 0.25) is 0 Å². The number of pyridine rings is 1. The molecule has 0 unspecified atom stereocenters. The van der Waals surface area contributed by atoms with Crippen LogP contribution in [0.15, 0.2) is 90.1 Å². The molecule has 2 aromatic carbocycles. The van der Waals surface area contributed by atoms with Crippen molar-refractivity contribution in [2.24, 2.45) is 0 Å². The summed E-state index contributed by atoms with van der Waals surface area (Å²) in [5, 5.41) is 9.34.